The summed E-state index contributed by atoms with van der Waals surface area (Å²) in [6.07, 6.45) is 1.67. The van der Waals surface area contributed by atoms with Crippen molar-refractivity contribution in [2.75, 3.05) is 12.4 Å². The molecule has 3 N–H and O–H groups in total. The van der Waals surface area contributed by atoms with E-state index in [0.717, 1.165) is 17.1 Å². The topological polar surface area (TPSA) is 68.8 Å². The number of hydrogen-bond acceptors (Lipinski definition) is 4. The van der Waals surface area contributed by atoms with Crippen molar-refractivity contribution >= 4 is 5.69 Å². The standard InChI is InChI=1S/C10H13N5/c1-12-8-3-2-4-9(5-8)15-10(6-11)7-13-14-15/h2-5,7,12H,6,11H2,1H3. The van der Waals surface area contributed by atoms with E-state index < -0.39 is 0 Å². The number of benzene rings is 1. The second-order valence-electron chi connectivity index (χ2n) is 3.14. The molecule has 0 fully saturated rings. The third-order valence-electron chi connectivity index (χ3n) is 2.21. The van der Waals surface area contributed by atoms with E-state index in [1.807, 2.05) is 31.3 Å². The number of rotatable bonds is 3. The highest BCUT2D eigenvalue weighted by molar-refractivity contribution is 5.50. The van der Waals surface area contributed by atoms with Gasteiger partial charge in [0.15, 0.2) is 0 Å². The van der Waals surface area contributed by atoms with Crippen molar-refractivity contribution in [2.24, 2.45) is 5.73 Å². The van der Waals surface area contributed by atoms with Crippen LogP contribution in [-0.4, -0.2) is 22.0 Å². The fourth-order valence-corrected chi connectivity index (χ4v) is 1.41. The third-order valence-corrected chi connectivity index (χ3v) is 2.21. The van der Waals surface area contributed by atoms with Gasteiger partial charge in [0, 0.05) is 19.3 Å². The van der Waals surface area contributed by atoms with Crippen LogP contribution in [0.25, 0.3) is 5.69 Å². The highest BCUT2D eigenvalue weighted by Crippen LogP contribution is 2.14. The lowest BCUT2D eigenvalue weighted by molar-refractivity contribution is 0.762. The third kappa shape index (κ3) is 1.82. The summed E-state index contributed by atoms with van der Waals surface area (Å²) in [5, 5.41) is 10.9. The number of anilines is 1. The van der Waals surface area contributed by atoms with Gasteiger partial charge in [-0.3, -0.25) is 0 Å². The lowest BCUT2D eigenvalue weighted by Gasteiger charge is -2.06. The predicted octanol–water partition coefficient (Wildman–Crippen LogP) is 0.768. The highest BCUT2D eigenvalue weighted by Gasteiger charge is 2.04. The summed E-state index contributed by atoms with van der Waals surface area (Å²) in [4.78, 5) is 0. The van der Waals surface area contributed by atoms with Crippen LogP contribution in [0.5, 0.6) is 0 Å². The zero-order valence-electron chi connectivity index (χ0n) is 8.51. The van der Waals surface area contributed by atoms with Gasteiger partial charge >= 0.3 is 0 Å². The molecule has 0 aliphatic rings. The molecule has 5 heteroatoms. The Kier molecular flexibility index (Phi) is 2.64. The van der Waals surface area contributed by atoms with Gasteiger partial charge < -0.3 is 11.1 Å². The molecule has 0 bridgehead atoms. The fraction of sp³-hybridized carbons (Fsp3) is 0.200. The summed E-state index contributed by atoms with van der Waals surface area (Å²) in [5.41, 5.74) is 8.47. The van der Waals surface area contributed by atoms with Crippen LogP contribution >= 0.6 is 0 Å². The minimum atomic E-state index is 0.427. The van der Waals surface area contributed by atoms with Crippen molar-refractivity contribution < 1.29 is 0 Å². The molecular formula is C10H13N5. The molecule has 78 valence electrons. The van der Waals surface area contributed by atoms with Crippen LogP contribution in [0.1, 0.15) is 5.69 Å². The first-order chi connectivity index (χ1) is 7.35. The van der Waals surface area contributed by atoms with Crippen molar-refractivity contribution in [3.63, 3.8) is 0 Å². The molecule has 0 saturated heterocycles. The molecule has 0 radical (unpaired) electrons. The second kappa shape index (κ2) is 4.10. The van der Waals surface area contributed by atoms with E-state index in [9.17, 15) is 0 Å². The van der Waals surface area contributed by atoms with Crippen molar-refractivity contribution in [1.82, 2.24) is 15.0 Å². The molecular weight excluding hydrogens is 190 g/mol. The summed E-state index contributed by atoms with van der Waals surface area (Å²) in [6.45, 7) is 0.427. The Balaban J connectivity index is 2.44. The van der Waals surface area contributed by atoms with Crippen molar-refractivity contribution in [3.8, 4) is 5.69 Å². The Morgan fingerprint density at radius 3 is 3.07 bits per heavy atom. The molecule has 0 unspecified atom stereocenters. The maximum atomic E-state index is 5.59. The van der Waals surface area contributed by atoms with Gasteiger partial charge in [0.05, 0.1) is 17.6 Å². The van der Waals surface area contributed by atoms with Crippen LogP contribution in [0, 0.1) is 0 Å². The Labute approximate surface area is 87.9 Å². The van der Waals surface area contributed by atoms with Crippen molar-refractivity contribution in [3.05, 3.63) is 36.2 Å². The van der Waals surface area contributed by atoms with Crippen LogP contribution in [0.15, 0.2) is 30.5 Å². The monoisotopic (exact) mass is 203 g/mol. The minimum Gasteiger partial charge on any atom is -0.388 e. The van der Waals surface area contributed by atoms with E-state index in [0.29, 0.717) is 6.54 Å². The van der Waals surface area contributed by atoms with Crippen LogP contribution in [-0.2, 0) is 6.54 Å². The SMILES string of the molecule is CNc1cccc(-n2nncc2CN)c1. The molecule has 1 aromatic carbocycles. The average molecular weight is 203 g/mol. The van der Waals surface area contributed by atoms with Gasteiger partial charge in [0.25, 0.3) is 0 Å². The molecule has 0 aliphatic heterocycles. The van der Waals surface area contributed by atoms with Gasteiger partial charge in [-0.2, -0.15) is 0 Å². The molecule has 2 aromatic rings. The summed E-state index contributed by atoms with van der Waals surface area (Å²) in [6, 6.07) is 7.91. The van der Waals surface area contributed by atoms with Gasteiger partial charge in [-0.25, -0.2) is 4.68 Å². The van der Waals surface area contributed by atoms with Crippen molar-refractivity contribution in [1.29, 1.82) is 0 Å². The zero-order valence-corrected chi connectivity index (χ0v) is 8.51. The van der Waals surface area contributed by atoms with E-state index in [4.69, 9.17) is 5.73 Å². The number of nitrogens with two attached hydrogens (primary N) is 1. The molecule has 15 heavy (non-hydrogen) atoms. The lowest BCUT2D eigenvalue weighted by atomic mass is 10.2. The minimum absolute atomic E-state index is 0.427. The van der Waals surface area contributed by atoms with Crippen LogP contribution in [0.3, 0.4) is 0 Å². The molecule has 0 spiro atoms. The first-order valence-electron chi connectivity index (χ1n) is 4.73. The number of aromatic nitrogens is 3. The molecule has 2 rings (SSSR count). The van der Waals surface area contributed by atoms with Crippen molar-refractivity contribution in [2.45, 2.75) is 6.54 Å². The molecule has 0 saturated carbocycles. The molecule has 5 nitrogen and oxygen atoms in total. The Hall–Kier alpha value is -1.88. The zero-order chi connectivity index (χ0) is 10.7. The summed E-state index contributed by atoms with van der Waals surface area (Å²) in [7, 11) is 1.88. The van der Waals surface area contributed by atoms with E-state index >= 15 is 0 Å². The maximum Gasteiger partial charge on any atom is 0.0781 e. The average Bonchev–Trinajstić information content (AvgIpc) is 2.77. The quantitative estimate of drug-likeness (QED) is 0.773. The van der Waals surface area contributed by atoms with E-state index in [1.165, 1.54) is 0 Å². The fourth-order valence-electron chi connectivity index (χ4n) is 1.41. The largest absolute Gasteiger partial charge is 0.388 e. The molecule has 0 atom stereocenters. The van der Waals surface area contributed by atoms with Gasteiger partial charge in [0.2, 0.25) is 0 Å². The Morgan fingerprint density at radius 2 is 2.33 bits per heavy atom. The van der Waals surface area contributed by atoms with E-state index in [2.05, 4.69) is 15.6 Å². The Bertz CT molecular complexity index is 449. The predicted molar refractivity (Wildman–Crippen MR) is 58.8 cm³/mol. The summed E-state index contributed by atoms with van der Waals surface area (Å²) < 4.78 is 1.74. The normalized spacial score (nSPS) is 10.3. The second-order valence-corrected chi connectivity index (χ2v) is 3.14. The van der Waals surface area contributed by atoms with Crippen LogP contribution in [0.4, 0.5) is 5.69 Å². The van der Waals surface area contributed by atoms with Crippen LogP contribution in [0.2, 0.25) is 0 Å². The van der Waals surface area contributed by atoms with E-state index in [1.54, 1.807) is 10.9 Å². The molecule has 0 amide bonds. The Morgan fingerprint density at radius 1 is 1.47 bits per heavy atom. The maximum absolute atomic E-state index is 5.59. The first kappa shape index (κ1) is 9.67. The first-order valence-corrected chi connectivity index (χ1v) is 4.73. The molecule has 1 heterocycles. The van der Waals surface area contributed by atoms with Gasteiger partial charge in [-0.1, -0.05) is 11.3 Å². The van der Waals surface area contributed by atoms with E-state index in [-0.39, 0.29) is 0 Å². The molecule has 0 aliphatic carbocycles. The number of nitrogens with one attached hydrogen (secondary N) is 1. The number of hydrogen-bond donors (Lipinski definition) is 2. The summed E-state index contributed by atoms with van der Waals surface area (Å²) >= 11 is 0. The van der Waals surface area contributed by atoms with Gasteiger partial charge in [-0.15, -0.1) is 5.10 Å². The van der Waals surface area contributed by atoms with Crippen LogP contribution < -0.4 is 11.1 Å². The lowest BCUT2D eigenvalue weighted by Crippen LogP contribution is -2.07. The number of nitrogens with zero attached hydrogens (tertiary/aromatic N) is 3. The highest BCUT2D eigenvalue weighted by atomic mass is 15.4. The van der Waals surface area contributed by atoms with Gasteiger partial charge in [0.1, 0.15) is 0 Å². The summed E-state index contributed by atoms with van der Waals surface area (Å²) in [5.74, 6) is 0. The smallest absolute Gasteiger partial charge is 0.0781 e. The van der Waals surface area contributed by atoms with Gasteiger partial charge in [-0.05, 0) is 18.2 Å². The molecule has 1 aromatic heterocycles.